The van der Waals surface area contributed by atoms with Crippen molar-refractivity contribution in [3.63, 3.8) is 0 Å². The summed E-state index contributed by atoms with van der Waals surface area (Å²) in [5.74, 6) is -0.101. The molecule has 2 aromatic carbocycles. The van der Waals surface area contributed by atoms with Crippen LogP contribution in [0.5, 0.6) is 5.75 Å². The van der Waals surface area contributed by atoms with Gasteiger partial charge in [-0.3, -0.25) is 14.7 Å². The molecule has 11 heteroatoms. The SMILES string of the molecule is CCCCCCCCCCCCCCCC(=O)Nc1[nH]n(-c2c(Cl)cc(Cl)cc2Cl)c(=O)c1N=Nc1ccc(O)cc1. The number of phenols is 1. The second-order valence-electron chi connectivity index (χ2n) is 10.5. The minimum absolute atomic E-state index is 0.0734. The van der Waals surface area contributed by atoms with Crippen LogP contribution in [0.4, 0.5) is 17.2 Å². The molecule has 42 heavy (non-hydrogen) atoms. The number of carbonyl (C=O) groups is 1. The third-order valence-corrected chi connectivity index (χ3v) is 7.75. The largest absolute Gasteiger partial charge is 0.508 e. The van der Waals surface area contributed by atoms with Crippen LogP contribution in [-0.4, -0.2) is 20.8 Å². The van der Waals surface area contributed by atoms with E-state index >= 15 is 0 Å². The number of carbonyl (C=O) groups excluding carboxylic acids is 1. The minimum Gasteiger partial charge on any atom is -0.508 e. The lowest BCUT2D eigenvalue weighted by Gasteiger charge is -2.08. The van der Waals surface area contributed by atoms with Gasteiger partial charge in [0.15, 0.2) is 11.5 Å². The van der Waals surface area contributed by atoms with Gasteiger partial charge in [-0.15, -0.1) is 5.11 Å². The van der Waals surface area contributed by atoms with Gasteiger partial charge in [0.05, 0.1) is 15.7 Å². The van der Waals surface area contributed by atoms with E-state index in [-0.39, 0.29) is 38.9 Å². The van der Waals surface area contributed by atoms with Crippen LogP contribution in [0, 0.1) is 0 Å². The summed E-state index contributed by atoms with van der Waals surface area (Å²) in [4.78, 5) is 26.2. The summed E-state index contributed by atoms with van der Waals surface area (Å²) in [6, 6.07) is 8.92. The molecule has 0 aliphatic rings. The van der Waals surface area contributed by atoms with Crippen molar-refractivity contribution in [2.24, 2.45) is 10.2 Å². The summed E-state index contributed by atoms with van der Waals surface area (Å²) in [7, 11) is 0. The van der Waals surface area contributed by atoms with Crippen molar-refractivity contribution in [2.75, 3.05) is 5.32 Å². The molecule has 0 spiro atoms. The van der Waals surface area contributed by atoms with Gasteiger partial charge in [-0.1, -0.05) is 119 Å². The Morgan fingerprint density at radius 3 is 1.90 bits per heavy atom. The maximum absolute atomic E-state index is 13.4. The molecule has 0 bridgehead atoms. The molecule has 0 saturated carbocycles. The topological polar surface area (TPSA) is 112 Å². The van der Waals surface area contributed by atoms with Crippen molar-refractivity contribution >= 4 is 57.9 Å². The molecular weight excluding hydrogens is 597 g/mol. The van der Waals surface area contributed by atoms with E-state index in [2.05, 4.69) is 27.6 Å². The van der Waals surface area contributed by atoms with Crippen molar-refractivity contribution in [1.29, 1.82) is 0 Å². The van der Waals surface area contributed by atoms with Gasteiger partial charge in [-0.2, -0.15) is 5.11 Å². The van der Waals surface area contributed by atoms with E-state index in [9.17, 15) is 14.7 Å². The summed E-state index contributed by atoms with van der Waals surface area (Å²) < 4.78 is 1.10. The fraction of sp³-hybridized carbons (Fsp3) is 0.484. The van der Waals surface area contributed by atoms with Gasteiger partial charge in [0.25, 0.3) is 0 Å². The molecule has 3 aromatic rings. The van der Waals surface area contributed by atoms with E-state index in [4.69, 9.17) is 34.8 Å². The van der Waals surface area contributed by atoms with Gasteiger partial charge < -0.3 is 10.4 Å². The van der Waals surface area contributed by atoms with Crippen molar-refractivity contribution in [2.45, 2.75) is 96.8 Å². The predicted octanol–water partition coefficient (Wildman–Crippen LogP) is 10.7. The first-order valence-electron chi connectivity index (χ1n) is 14.8. The summed E-state index contributed by atoms with van der Waals surface area (Å²) in [6.07, 6.45) is 16.2. The van der Waals surface area contributed by atoms with Crippen LogP contribution >= 0.6 is 34.8 Å². The predicted molar refractivity (Wildman–Crippen MR) is 173 cm³/mol. The summed E-state index contributed by atoms with van der Waals surface area (Å²) in [5.41, 5.74) is -0.152. The second kappa shape index (κ2) is 18.0. The number of aromatic amines is 1. The van der Waals surface area contributed by atoms with E-state index in [0.29, 0.717) is 17.1 Å². The quantitative estimate of drug-likeness (QED) is 0.0953. The van der Waals surface area contributed by atoms with E-state index in [1.54, 1.807) is 12.1 Å². The Morgan fingerprint density at radius 1 is 0.833 bits per heavy atom. The van der Waals surface area contributed by atoms with E-state index in [1.807, 2.05) is 0 Å². The smallest absolute Gasteiger partial charge is 0.301 e. The number of nitrogens with zero attached hydrogens (tertiary/aromatic N) is 3. The number of H-pyrrole nitrogens is 1. The van der Waals surface area contributed by atoms with Crippen LogP contribution in [0.25, 0.3) is 5.69 Å². The number of halogens is 3. The highest BCUT2D eigenvalue weighted by Gasteiger charge is 2.21. The highest BCUT2D eigenvalue weighted by atomic mass is 35.5. The standard InChI is InChI=1S/C31H40Cl3N5O3/c1-2-3-4-5-6-7-8-9-10-11-12-13-14-15-27(41)35-30-28(37-36-23-16-18-24(40)19-17-23)31(42)39(38-30)29-25(33)20-22(32)21-26(29)34/h16-21,38,40H,2-15H2,1H3,(H,35,41). The number of nitrogens with one attached hydrogen (secondary N) is 2. The summed E-state index contributed by atoms with van der Waals surface area (Å²) in [5, 5.41) is 23.9. The Labute approximate surface area is 262 Å². The molecule has 0 atom stereocenters. The summed E-state index contributed by atoms with van der Waals surface area (Å²) in [6.45, 7) is 2.24. The zero-order valence-electron chi connectivity index (χ0n) is 24.1. The Bertz CT molecular complexity index is 1350. The minimum atomic E-state index is -0.611. The normalized spacial score (nSPS) is 11.4. The highest BCUT2D eigenvalue weighted by molar-refractivity contribution is 6.40. The summed E-state index contributed by atoms with van der Waals surface area (Å²) >= 11 is 18.7. The fourth-order valence-electron chi connectivity index (χ4n) is 4.65. The van der Waals surface area contributed by atoms with Crippen LogP contribution in [0.3, 0.4) is 0 Å². The van der Waals surface area contributed by atoms with Gasteiger partial charge in [0, 0.05) is 11.4 Å². The molecule has 8 nitrogen and oxygen atoms in total. The maximum atomic E-state index is 13.4. The average molecular weight is 637 g/mol. The Kier molecular flexibility index (Phi) is 14.4. The molecule has 3 N–H and O–H groups in total. The van der Waals surface area contributed by atoms with E-state index < -0.39 is 5.56 Å². The molecule has 3 rings (SSSR count). The second-order valence-corrected chi connectivity index (χ2v) is 11.7. The number of benzene rings is 2. The first-order chi connectivity index (χ1) is 20.3. The van der Waals surface area contributed by atoms with Crippen molar-refractivity contribution in [3.8, 4) is 11.4 Å². The van der Waals surface area contributed by atoms with E-state index in [1.165, 1.54) is 88.5 Å². The lowest BCUT2D eigenvalue weighted by Crippen LogP contribution is -2.15. The number of aromatic nitrogens is 2. The monoisotopic (exact) mass is 635 g/mol. The number of rotatable bonds is 18. The molecule has 0 fully saturated rings. The van der Waals surface area contributed by atoms with Crippen LogP contribution < -0.4 is 10.9 Å². The Morgan fingerprint density at radius 2 is 1.36 bits per heavy atom. The third kappa shape index (κ3) is 10.8. The molecule has 0 saturated heterocycles. The van der Waals surface area contributed by atoms with Gasteiger partial charge >= 0.3 is 5.56 Å². The molecular formula is C31H40Cl3N5O3. The van der Waals surface area contributed by atoms with Crippen LogP contribution in [0.15, 0.2) is 51.4 Å². The molecule has 1 amide bonds. The average Bonchev–Trinajstić information content (AvgIpc) is 3.24. The lowest BCUT2D eigenvalue weighted by atomic mass is 10.0. The molecule has 0 radical (unpaired) electrons. The zero-order chi connectivity index (χ0) is 30.3. The first kappa shape index (κ1) is 33.7. The molecule has 1 aromatic heterocycles. The van der Waals surface area contributed by atoms with Crippen LogP contribution in [-0.2, 0) is 4.79 Å². The molecule has 0 aliphatic carbocycles. The molecule has 228 valence electrons. The van der Waals surface area contributed by atoms with Crippen molar-refractivity contribution < 1.29 is 9.90 Å². The third-order valence-electron chi connectivity index (χ3n) is 6.96. The number of unbranched alkanes of at least 4 members (excludes halogenated alkanes) is 12. The molecule has 0 unspecified atom stereocenters. The number of azo groups is 1. The highest BCUT2D eigenvalue weighted by Crippen LogP contribution is 2.33. The van der Waals surface area contributed by atoms with E-state index in [0.717, 1.165) is 23.9 Å². The van der Waals surface area contributed by atoms with Crippen molar-refractivity contribution in [3.05, 3.63) is 61.8 Å². The first-order valence-corrected chi connectivity index (χ1v) is 15.9. The lowest BCUT2D eigenvalue weighted by molar-refractivity contribution is -0.116. The van der Waals surface area contributed by atoms with Crippen molar-refractivity contribution in [1.82, 2.24) is 9.78 Å². The van der Waals surface area contributed by atoms with Crippen LogP contribution in [0.2, 0.25) is 15.1 Å². The Balaban J connectivity index is 1.57. The number of hydrogen-bond acceptors (Lipinski definition) is 5. The van der Waals surface area contributed by atoms with Gasteiger partial charge in [-0.25, -0.2) is 4.68 Å². The fourth-order valence-corrected chi connectivity index (χ4v) is 5.63. The van der Waals surface area contributed by atoms with Crippen LogP contribution in [0.1, 0.15) is 96.8 Å². The zero-order valence-corrected chi connectivity index (χ0v) is 26.4. The van der Waals surface area contributed by atoms with Gasteiger partial charge in [0.2, 0.25) is 5.91 Å². The molecule has 0 aliphatic heterocycles. The number of anilines is 1. The van der Waals surface area contributed by atoms with Gasteiger partial charge in [0.1, 0.15) is 11.4 Å². The number of aromatic hydroxyl groups is 1. The maximum Gasteiger partial charge on any atom is 0.301 e. The number of phenolic OH excluding ortho intramolecular Hbond substituents is 1. The van der Waals surface area contributed by atoms with Gasteiger partial charge in [-0.05, 0) is 42.8 Å². The number of hydrogen-bond donors (Lipinski definition) is 3. The number of amides is 1. The Hall–Kier alpha value is -2.81. The molecule has 1 heterocycles.